The zero-order valence-corrected chi connectivity index (χ0v) is 8.28. The van der Waals surface area contributed by atoms with Gasteiger partial charge in [-0.15, -0.1) is 6.58 Å². The Morgan fingerprint density at radius 3 is 2.18 bits per heavy atom. The molecule has 11 heavy (non-hydrogen) atoms. The molecule has 0 aromatic rings. The fourth-order valence-electron chi connectivity index (χ4n) is 0.992. The average molecular weight is 152 g/mol. The van der Waals surface area contributed by atoms with Crippen LogP contribution < -0.4 is 0 Å². The van der Waals surface area contributed by atoms with E-state index in [0.29, 0.717) is 5.92 Å². The Kier molecular flexibility index (Phi) is 4.93. The molecule has 0 saturated carbocycles. The normalized spacial score (nSPS) is 12.4. The predicted octanol–water partition coefficient (Wildman–Crippen LogP) is 3.95. The van der Waals surface area contributed by atoms with E-state index in [9.17, 15) is 0 Å². The molecule has 0 aliphatic heterocycles. The topological polar surface area (TPSA) is 0 Å². The molecule has 0 heteroatoms. The standard InChI is InChI=1S/C11H20/c1-6-11(7-2)8-10(5)9(3)4/h6,11H,1,7-8H2,2-5H3. The van der Waals surface area contributed by atoms with Gasteiger partial charge >= 0.3 is 0 Å². The van der Waals surface area contributed by atoms with Gasteiger partial charge in [-0.05, 0) is 39.5 Å². The van der Waals surface area contributed by atoms with Gasteiger partial charge in [0, 0.05) is 0 Å². The lowest BCUT2D eigenvalue weighted by molar-refractivity contribution is 0.618. The molecule has 0 aromatic heterocycles. The first-order valence-corrected chi connectivity index (χ1v) is 4.37. The van der Waals surface area contributed by atoms with Gasteiger partial charge in [0.2, 0.25) is 0 Å². The van der Waals surface area contributed by atoms with Gasteiger partial charge in [0.05, 0.1) is 0 Å². The molecule has 0 bridgehead atoms. The molecule has 0 spiro atoms. The first kappa shape index (κ1) is 10.5. The summed E-state index contributed by atoms with van der Waals surface area (Å²) in [5.41, 5.74) is 2.96. The van der Waals surface area contributed by atoms with Crippen LogP contribution in [0.15, 0.2) is 23.8 Å². The Balaban J connectivity index is 4.02. The molecule has 0 aliphatic carbocycles. The van der Waals surface area contributed by atoms with Crippen molar-refractivity contribution in [3.63, 3.8) is 0 Å². The van der Waals surface area contributed by atoms with Crippen molar-refractivity contribution in [2.24, 2.45) is 5.92 Å². The van der Waals surface area contributed by atoms with Crippen LogP contribution in [0.2, 0.25) is 0 Å². The maximum Gasteiger partial charge on any atom is -0.0202 e. The lowest BCUT2D eigenvalue weighted by Gasteiger charge is -2.10. The van der Waals surface area contributed by atoms with Gasteiger partial charge in [-0.3, -0.25) is 0 Å². The van der Waals surface area contributed by atoms with Crippen molar-refractivity contribution < 1.29 is 0 Å². The second kappa shape index (κ2) is 5.17. The molecular weight excluding hydrogens is 132 g/mol. The average Bonchev–Trinajstić information content (AvgIpc) is 1.99. The number of allylic oxidation sites excluding steroid dienone is 3. The van der Waals surface area contributed by atoms with Crippen molar-refractivity contribution >= 4 is 0 Å². The maximum atomic E-state index is 3.82. The minimum absolute atomic E-state index is 0.671. The second-order valence-electron chi connectivity index (χ2n) is 3.39. The van der Waals surface area contributed by atoms with Gasteiger partial charge in [-0.2, -0.15) is 0 Å². The molecule has 0 radical (unpaired) electrons. The van der Waals surface area contributed by atoms with Gasteiger partial charge in [-0.1, -0.05) is 24.1 Å². The summed E-state index contributed by atoms with van der Waals surface area (Å²) in [5, 5.41) is 0. The Labute approximate surface area is 71.0 Å². The highest BCUT2D eigenvalue weighted by atomic mass is 14.1. The summed E-state index contributed by atoms with van der Waals surface area (Å²) in [6, 6.07) is 0. The highest BCUT2D eigenvalue weighted by Crippen LogP contribution is 2.17. The summed E-state index contributed by atoms with van der Waals surface area (Å²) in [5.74, 6) is 0.671. The third-order valence-electron chi connectivity index (χ3n) is 2.28. The molecule has 1 unspecified atom stereocenters. The van der Waals surface area contributed by atoms with Crippen LogP contribution in [0.1, 0.15) is 40.5 Å². The van der Waals surface area contributed by atoms with E-state index in [0.717, 1.165) is 0 Å². The summed E-state index contributed by atoms with van der Waals surface area (Å²) >= 11 is 0. The van der Waals surface area contributed by atoms with Crippen LogP contribution in [-0.2, 0) is 0 Å². The molecule has 64 valence electrons. The maximum absolute atomic E-state index is 3.82. The first-order chi connectivity index (χ1) is 5.11. The third kappa shape index (κ3) is 4.02. The van der Waals surface area contributed by atoms with Crippen molar-refractivity contribution in [2.45, 2.75) is 40.5 Å². The second-order valence-corrected chi connectivity index (χ2v) is 3.39. The molecular formula is C11H20. The van der Waals surface area contributed by atoms with Crippen LogP contribution in [0.5, 0.6) is 0 Å². The van der Waals surface area contributed by atoms with E-state index < -0.39 is 0 Å². The van der Waals surface area contributed by atoms with Crippen molar-refractivity contribution in [1.29, 1.82) is 0 Å². The van der Waals surface area contributed by atoms with Gasteiger partial charge < -0.3 is 0 Å². The highest BCUT2D eigenvalue weighted by Gasteiger charge is 2.02. The molecule has 1 atom stereocenters. The minimum Gasteiger partial charge on any atom is -0.103 e. The highest BCUT2D eigenvalue weighted by molar-refractivity contribution is 5.08. The molecule has 0 aromatic carbocycles. The van der Waals surface area contributed by atoms with Gasteiger partial charge in [0.15, 0.2) is 0 Å². The minimum atomic E-state index is 0.671. The fourth-order valence-corrected chi connectivity index (χ4v) is 0.992. The summed E-state index contributed by atoms with van der Waals surface area (Å²) in [4.78, 5) is 0. The Morgan fingerprint density at radius 2 is 1.91 bits per heavy atom. The smallest absolute Gasteiger partial charge is 0.0202 e. The summed E-state index contributed by atoms with van der Waals surface area (Å²) in [6.45, 7) is 12.6. The predicted molar refractivity (Wildman–Crippen MR) is 52.6 cm³/mol. The molecule has 0 saturated heterocycles. The SMILES string of the molecule is C=CC(CC)CC(C)=C(C)C. The first-order valence-electron chi connectivity index (χ1n) is 4.37. The molecule has 0 aliphatic rings. The van der Waals surface area contributed by atoms with Crippen LogP contribution in [-0.4, -0.2) is 0 Å². The van der Waals surface area contributed by atoms with Gasteiger partial charge in [-0.25, -0.2) is 0 Å². The van der Waals surface area contributed by atoms with Crippen LogP contribution in [0.3, 0.4) is 0 Å². The van der Waals surface area contributed by atoms with Crippen molar-refractivity contribution in [3.05, 3.63) is 23.8 Å². The van der Waals surface area contributed by atoms with E-state index in [-0.39, 0.29) is 0 Å². The van der Waals surface area contributed by atoms with Crippen molar-refractivity contribution in [3.8, 4) is 0 Å². The van der Waals surface area contributed by atoms with E-state index in [4.69, 9.17) is 0 Å². The van der Waals surface area contributed by atoms with Crippen molar-refractivity contribution in [1.82, 2.24) is 0 Å². The van der Waals surface area contributed by atoms with E-state index in [1.165, 1.54) is 24.0 Å². The molecule has 0 nitrogen and oxygen atoms in total. The lowest BCUT2D eigenvalue weighted by atomic mass is 9.96. The fraction of sp³-hybridized carbons (Fsp3) is 0.636. The monoisotopic (exact) mass is 152 g/mol. The molecule has 0 fully saturated rings. The molecule has 0 amide bonds. The van der Waals surface area contributed by atoms with Crippen LogP contribution in [0, 0.1) is 5.92 Å². The van der Waals surface area contributed by atoms with Gasteiger partial charge in [0.1, 0.15) is 0 Å². The third-order valence-corrected chi connectivity index (χ3v) is 2.28. The quantitative estimate of drug-likeness (QED) is 0.535. The summed E-state index contributed by atoms with van der Waals surface area (Å²) in [7, 11) is 0. The lowest BCUT2D eigenvalue weighted by Crippen LogP contribution is -1.95. The molecule has 0 rings (SSSR count). The Bertz CT molecular complexity index is 147. The van der Waals surface area contributed by atoms with Gasteiger partial charge in [0.25, 0.3) is 0 Å². The molecule has 0 heterocycles. The van der Waals surface area contributed by atoms with Crippen LogP contribution in [0.25, 0.3) is 0 Å². The van der Waals surface area contributed by atoms with Crippen LogP contribution >= 0.6 is 0 Å². The number of hydrogen-bond acceptors (Lipinski definition) is 0. The zero-order valence-electron chi connectivity index (χ0n) is 8.28. The van der Waals surface area contributed by atoms with E-state index >= 15 is 0 Å². The van der Waals surface area contributed by atoms with Crippen LogP contribution in [0.4, 0.5) is 0 Å². The Hall–Kier alpha value is -0.520. The largest absolute Gasteiger partial charge is 0.103 e. The van der Waals surface area contributed by atoms with E-state index in [2.05, 4.69) is 40.3 Å². The number of hydrogen-bond donors (Lipinski definition) is 0. The zero-order chi connectivity index (χ0) is 8.85. The number of rotatable bonds is 4. The molecule has 0 N–H and O–H groups in total. The van der Waals surface area contributed by atoms with Crippen molar-refractivity contribution in [2.75, 3.05) is 0 Å². The summed E-state index contributed by atoms with van der Waals surface area (Å²) in [6.07, 6.45) is 4.45. The van der Waals surface area contributed by atoms with E-state index in [1.807, 2.05) is 0 Å². The summed E-state index contributed by atoms with van der Waals surface area (Å²) < 4.78 is 0. The Morgan fingerprint density at radius 1 is 1.36 bits per heavy atom. The van der Waals surface area contributed by atoms with E-state index in [1.54, 1.807) is 0 Å².